The minimum atomic E-state index is -0.643. The molecule has 0 amide bonds. The Balaban J connectivity index is -0.000000135. The van der Waals surface area contributed by atoms with Crippen molar-refractivity contribution in [1.82, 2.24) is 0 Å². The molecule has 6 heteroatoms. The SMILES string of the molecule is CCCCC(CC)C(=O)O.CCCCC(CC)C(=O)O.[Co+2].[Co+2]. The fourth-order valence-corrected chi connectivity index (χ4v) is 1.91. The molecule has 0 aliphatic heterocycles. The van der Waals surface area contributed by atoms with Crippen LogP contribution in [-0.2, 0) is 43.1 Å². The Hall–Kier alpha value is -0.0470. The monoisotopic (exact) mass is 406 g/mol. The summed E-state index contributed by atoms with van der Waals surface area (Å²) < 4.78 is 0. The van der Waals surface area contributed by atoms with Gasteiger partial charge in [0.15, 0.2) is 0 Å². The molecular formula is C16H32Co2O4+4. The van der Waals surface area contributed by atoms with Crippen molar-refractivity contribution in [2.24, 2.45) is 11.8 Å². The molecule has 0 spiro atoms. The number of hydrogen-bond donors (Lipinski definition) is 2. The molecule has 22 heavy (non-hydrogen) atoms. The Morgan fingerprint density at radius 3 is 1.14 bits per heavy atom. The van der Waals surface area contributed by atoms with Gasteiger partial charge in [-0.05, 0) is 25.7 Å². The van der Waals surface area contributed by atoms with E-state index in [1.165, 1.54) is 0 Å². The first-order valence-corrected chi connectivity index (χ1v) is 7.89. The Labute approximate surface area is 156 Å². The molecule has 0 saturated carbocycles. The molecule has 0 saturated heterocycles. The number of unbranched alkanes of at least 4 members (excludes halogenated alkanes) is 2. The minimum absolute atomic E-state index is 0. The molecule has 0 aromatic carbocycles. The Morgan fingerprint density at radius 1 is 0.727 bits per heavy atom. The van der Waals surface area contributed by atoms with Crippen LogP contribution in [0.15, 0.2) is 0 Å². The molecule has 0 aliphatic rings. The van der Waals surface area contributed by atoms with Crippen molar-refractivity contribution < 1.29 is 53.4 Å². The third-order valence-electron chi connectivity index (χ3n) is 3.50. The molecule has 0 aromatic heterocycles. The third-order valence-corrected chi connectivity index (χ3v) is 3.50. The third kappa shape index (κ3) is 18.0. The Kier molecular flexibility index (Phi) is 28.5. The largest absolute Gasteiger partial charge is 2.00 e. The van der Waals surface area contributed by atoms with E-state index in [0.29, 0.717) is 0 Å². The number of carbonyl (C=O) groups is 2. The second-order valence-corrected chi connectivity index (χ2v) is 5.17. The molecule has 0 bridgehead atoms. The summed E-state index contributed by atoms with van der Waals surface area (Å²) in [5.74, 6) is -1.51. The fraction of sp³-hybridized carbons (Fsp3) is 0.875. The van der Waals surface area contributed by atoms with E-state index in [0.717, 1.165) is 51.4 Å². The summed E-state index contributed by atoms with van der Waals surface area (Å²) in [4.78, 5) is 20.9. The topological polar surface area (TPSA) is 74.6 Å². The van der Waals surface area contributed by atoms with Crippen molar-refractivity contribution in [3.8, 4) is 0 Å². The number of hydrogen-bond acceptors (Lipinski definition) is 2. The fourth-order valence-electron chi connectivity index (χ4n) is 1.91. The summed E-state index contributed by atoms with van der Waals surface area (Å²) in [6.07, 6.45) is 7.43. The van der Waals surface area contributed by atoms with Gasteiger partial charge in [-0.25, -0.2) is 0 Å². The maximum absolute atomic E-state index is 10.4. The first kappa shape index (κ1) is 29.9. The molecule has 0 fully saturated rings. The van der Waals surface area contributed by atoms with E-state index in [4.69, 9.17) is 10.2 Å². The van der Waals surface area contributed by atoms with Crippen LogP contribution in [0.2, 0.25) is 0 Å². The molecular weight excluding hydrogens is 374 g/mol. The first-order valence-electron chi connectivity index (χ1n) is 7.89. The van der Waals surface area contributed by atoms with Crippen molar-refractivity contribution in [3.63, 3.8) is 0 Å². The van der Waals surface area contributed by atoms with Crippen molar-refractivity contribution in [2.45, 2.75) is 79.1 Å². The van der Waals surface area contributed by atoms with Crippen LogP contribution in [0.25, 0.3) is 0 Å². The van der Waals surface area contributed by atoms with E-state index in [2.05, 4.69) is 13.8 Å². The first-order chi connectivity index (χ1) is 9.44. The van der Waals surface area contributed by atoms with Gasteiger partial charge >= 0.3 is 45.5 Å². The standard InChI is InChI=1S/2C8H16O2.2Co/c2*1-3-5-6-7(4-2)8(9)10;;/h2*7H,3-6H2,1-2H3,(H,9,10);;/q;;2*+2. The van der Waals surface area contributed by atoms with Gasteiger partial charge in [0.1, 0.15) is 0 Å². The summed E-state index contributed by atoms with van der Waals surface area (Å²) in [6.45, 7) is 8.01. The van der Waals surface area contributed by atoms with Crippen LogP contribution in [0.5, 0.6) is 0 Å². The second kappa shape index (κ2) is 21.0. The number of carboxylic acids is 2. The van der Waals surface area contributed by atoms with E-state index in [1.54, 1.807) is 0 Å². The minimum Gasteiger partial charge on any atom is -0.481 e. The van der Waals surface area contributed by atoms with Gasteiger partial charge in [0.2, 0.25) is 0 Å². The van der Waals surface area contributed by atoms with Crippen molar-refractivity contribution >= 4 is 11.9 Å². The van der Waals surface area contributed by atoms with E-state index in [9.17, 15) is 9.59 Å². The molecule has 2 atom stereocenters. The predicted molar refractivity (Wildman–Crippen MR) is 81.9 cm³/mol. The van der Waals surface area contributed by atoms with Gasteiger partial charge in [-0.2, -0.15) is 0 Å². The van der Waals surface area contributed by atoms with Gasteiger partial charge in [-0.3, -0.25) is 9.59 Å². The molecule has 0 heterocycles. The quantitative estimate of drug-likeness (QED) is 0.558. The smallest absolute Gasteiger partial charge is 0.481 e. The molecule has 2 unspecified atom stereocenters. The molecule has 0 aromatic rings. The van der Waals surface area contributed by atoms with Gasteiger partial charge < -0.3 is 10.2 Å². The van der Waals surface area contributed by atoms with Gasteiger partial charge in [-0.1, -0.05) is 53.4 Å². The summed E-state index contributed by atoms with van der Waals surface area (Å²) in [6, 6.07) is 0. The Bertz CT molecular complexity index is 235. The zero-order chi connectivity index (χ0) is 16.0. The van der Waals surface area contributed by atoms with Crippen molar-refractivity contribution in [1.29, 1.82) is 0 Å². The van der Waals surface area contributed by atoms with Crippen LogP contribution < -0.4 is 0 Å². The average Bonchev–Trinajstić information content (AvgIpc) is 2.40. The summed E-state index contributed by atoms with van der Waals surface area (Å²) in [5, 5.41) is 17.2. The van der Waals surface area contributed by atoms with Crippen LogP contribution in [0.1, 0.15) is 79.1 Å². The van der Waals surface area contributed by atoms with Crippen LogP contribution in [0.3, 0.4) is 0 Å². The number of rotatable bonds is 10. The van der Waals surface area contributed by atoms with Gasteiger partial charge in [0.05, 0.1) is 11.8 Å². The normalized spacial score (nSPS) is 11.8. The van der Waals surface area contributed by atoms with Crippen LogP contribution >= 0.6 is 0 Å². The zero-order valence-corrected chi connectivity index (χ0v) is 16.3. The Morgan fingerprint density at radius 2 is 1.00 bits per heavy atom. The number of aliphatic carboxylic acids is 2. The van der Waals surface area contributed by atoms with Crippen LogP contribution in [0, 0.1) is 11.8 Å². The second-order valence-electron chi connectivity index (χ2n) is 5.17. The van der Waals surface area contributed by atoms with Crippen molar-refractivity contribution in [3.05, 3.63) is 0 Å². The van der Waals surface area contributed by atoms with E-state index in [1.807, 2.05) is 13.8 Å². The number of carboxylic acid groups (broad SMARTS) is 2. The summed E-state index contributed by atoms with van der Waals surface area (Å²) in [7, 11) is 0. The van der Waals surface area contributed by atoms with Gasteiger partial charge in [0.25, 0.3) is 0 Å². The molecule has 0 aliphatic carbocycles. The maximum Gasteiger partial charge on any atom is 2.00 e. The zero-order valence-electron chi connectivity index (χ0n) is 14.2. The van der Waals surface area contributed by atoms with Crippen molar-refractivity contribution in [2.75, 3.05) is 0 Å². The molecule has 0 rings (SSSR count). The van der Waals surface area contributed by atoms with E-state index < -0.39 is 11.9 Å². The summed E-state index contributed by atoms with van der Waals surface area (Å²) in [5.41, 5.74) is 0. The van der Waals surface area contributed by atoms with E-state index >= 15 is 0 Å². The molecule has 134 valence electrons. The van der Waals surface area contributed by atoms with Gasteiger partial charge in [0, 0.05) is 0 Å². The molecule has 2 radical (unpaired) electrons. The van der Waals surface area contributed by atoms with Gasteiger partial charge in [-0.15, -0.1) is 0 Å². The van der Waals surface area contributed by atoms with Crippen LogP contribution in [0.4, 0.5) is 0 Å². The van der Waals surface area contributed by atoms with Crippen LogP contribution in [-0.4, -0.2) is 22.2 Å². The molecule has 2 N–H and O–H groups in total. The molecule has 4 nitrogen and oxygen atoms in total. The van der Waals surface area contributed by atoms with E-state index in [-0.39, 0.29) is 45.4 Å². The summed E-state index contributed by atoms with van der Waals surface area (Å²) >= 11 is 0. The predicted octanol–water partition coefficient (Wildman–Crippen LogP) is 4.57. The average molecular weight is 406 g/mol. The maximum atomic E-state index is 10.4.